The van der Waals surface area contributed by atoms with Gasteiger partial charge in [0.1, 0.15) is 18.2 Å². The van der Waals surface area contributed by atoms with Gasteiger partial charge >= 0.3 is 0 Å². The summed E-state index contributed by atoms with van der Waals surface area (Å²) in [6.45, 7) is 2.07. The molecule has 0 fully saturated rings. The summed E-state index contributed by atoms with van der Waals surface area (Å²) in [7, 11) is 0. The maximum atomic E-state index is 12.9. The van der Waals surface area contributed by atoms with Crippen molar-refractivity contribution >= 4 is 17.5 Å². The average Bonchev–Trinajstić information content (AvgIpc) is 3.17. The minimum Gasteiger partial charge on any atom is -0.486 e. The van der Waals surface area contributed by atoms with Gasteiger partial charge in [-0.25, -0.2) is 0 Å². The summed E-state index contributed by atoms with van der Waals surface area (Å²) in [6, 6.07) is 20.1. The monoisotopic (exact) mass is 403 g/mol. The van der Waals surface area contributed by atoms with Gasteiger partial charge in [-0.3, -0.25) is 14.6 Å². The maximum absolute atomic E-state index is 12.9. The van der Waals surface area contributed by atoms with E-state index in [9.17, 15) is 9.59 Å². The van der Waals surface area contributed by atoms with E-state index >= 15 is 0 Å². The molecule has 152 valence electrons. The van der Waals surface area contributed by atoms with Crippen molar-refractivity contribution < 1.29 is 9.53 Å². The number of anilines is 1. The Labute approximate surface area is 172 Å². The molecule has 0 bridgehead atoms. The number of H-pyrrole nitrogens is 1. The molecule has 1 atom stereocenters. The fourth-order valence-corrected chi connectivity index (χ4v) is 3.22. The Hall–Kier alpha value is -3.94. The standard InChI is InChI=1S/C22H21N5O3/c1-2-17(15-9-5-3-6-10-15)21(29)24-19-13-20(28)25-22-23-18(26-27(19)22)14-30-16-11-7-4-8-12-16/h3-13,17H,2,14H2,1H3,(H,24,29)(H,23,25,26,28)/t17-/m0/s1. The quantitative estimate of drug-likeness (QED) is 0.494. The zero-order chi connectivity index (χ0) is 20.9. The molecule has 0 aliphatic heterocycles. The molecule has 0 aliphatic carbocycles. The van der Waals surface area contributed by atoms with Crippen molar-refractivity contribution in [2.24, 2.45) is 0 Å². The van der Waals surface area contributed by atoms with E-state index in [2.05, 4.69) is 20.4 Å². The Bertz CT molecular complexity index is 1200. The molecule has 4 rings (SSSR count). The normalized spacial score (nSPS) is 11.9. The second-order valence-corrected chi connectivity index (χ2v) is 6.74. The van der Waals surface area contributed by atoms with Gasteiger partial charge in [0.15, 0.2) is 5.82 Å². The molecule has 0 spiro atoms. The number of ether oxygens (including phenoxy) is 1. The number of carbonyl (C=O) groups excluding carboxylic acids is 1. The third-order valence-corrected chi connectivity index (χ3v) is 4.67. The SMILES string of the molecule is CC[C@H](C(=O)Nc1cc(=O)[nH]c2nc(COc3ccccc3)nn12)c1ccccc1. The molecule has 30 heavy (non-hydrogen) atoms. The number of hydrogen-bond acceptors (Lipinski definition) is 5. The minimum absolute atomic E-state index is 0.128. The highest BCUT2D eigenvalue weighted by molar-refractivity contribution is 5.95. The van der Waals surface area contributed by atoms with E-state index in [1.807, 2.05) is 67.6 Å². The van der Waals surface area contributed by atoms with Crippen LogP contribution >= 0.6 is 0 Å². The van der Waals surface area contributed by atoms with Gasteiger partial charge < -0.3 is 10.1 Å². The Morgan fingerprint density at radius 1 is 1.13 bits per heavy atom. The molecule has 4 aromatic rings. The van der Waals surface area contributed by atoms with Crippen LogP contribution in [-0.2, 0) is 11.4 Å². The number of aromatic nitrogens is 4. The second-order valence-electron chi connectivity index (χ2n) is 6.74. The molecule has 2 aromatic heterocycles. The van der Waals surface area contributed by atoms with Crippen LogP contribution in [0.5, 0.6) is 5.75 Å². The fourth-order valence-electron chi connectivity index (χ4n) is 3.22. The van der Waals surface area contributed by atoms with Crippen LogP contribution in [0.15, 0.2) is 71.5 Å². The zero-order valence-electron chi connectivity index (χ0n) is 16.4. The highest BCUT2D eigenvalue weighted by atomic mass is 16.5. The third kappa shape index (κ3) is 4.22. The Kier molecular flexibility index (Phi) is 5.56. The van der Waals surface area contributed by atoms with E-state index in [4.69, 9.17) is 4.74 Å². The van der Waals surface area contributed by atoms with Gasteiger partial charge in [-0.15, -0.1) is 5.10 Å². The van der Waals surface area contributed by atoms with E-state index in [1.54, 1.807) is 0 Å². The number of hydrogen-bond donors (Lipinski definition) is 2. The molecule has 2 heterocycles. The van der Waals surface area contributed by atoms with Gasteiger partial charge in [-0.2, -0.15) is 9.50 Å². The van der Waals surface area contributed by atoms with Crippen molar-refractivity contribution in [3.63, 3.8) is 0 Å². The summed E-state index contributed by atoms with van der Waals surface area (Å²) in [6.07, 6.45) is 0.621. The topological polar surface area (TPSA) is 101 Å². The van der Waals surface area contributed by atoms with Crippen molar-refractivity contribution in [1.29, 1.82) is 0 Å². The molecular weight excluding hydrogens is 382 g/mol. The first-order valence-electron chi connectivity index (χ1n) is 9.66. The molecule has 0 unspecified atom stereocenters. The van der Waals surface area contributed by atoms with Gasteiger partial charge in [0.05, 0.1) is 5.92 Å². The summed E-state index contributed by atoms with van der Waals surface area (Å²) in [5.41, 5.74) is 0.530. The van der Waals surface area contributed by atoms with E-state index in [1.165, 1.54) is 10.6 Å². The van der Waals surface area contributed by atoms with Gasteiger partial charge in [-0.1, -0.05) is 55.5 Å². The molecule has 2 N–H and O–H groups in total. The summed E-state index contributed by atoms with van der Waals surface area (Å²) in [5, 5.41) is 7.20. The van der Waals surface area contributed by atoms with Gasteiger partial charge in [-0.05, 0) is 24.1 Å². The number of para-hydroxylation sites is 1. The Morgan fingerprint density at radius 2 is 1.83 bits per heavy atom. The lowest BCUT2D eigenvalue weighted by molar-refractivity contribution is -0.117. The minimum atomic E-state index is -0.381. The van der Waals surface area contributed by atoms with Crippen molar-refractivity contribution in [3.8, 4) is 5.75 Å². The third-order valence-electron chi connectivity index (χ3n) is 4.67. The van der Waals surface area contributed by atoms with Crippen LogP contribution in [-0.4, -0.2) is 25.5 Å². The highest BCUT2D eigenvalue weighted by Gasteiger charge is 2.20. The number of fused-ring (bicyclic) bond motifs is 1. The van der Waals surface area contributed by atoms with Crippen LogP contribution in [0.4, 0.5) is 5.82 Å². The summed E-state index contributed by atoms with van der Waals surface area (Å²) >= 11 is 0. The first-order chi connectivity index (χ1) is 14.6. The number of nitrogens with one attached hydrogen (secondary N) is 2. The largest absolute Gasteiger partial charge is 0.486 e. The molecule has 1 amide bonds. The molecule has 8 nitrogen and oxygen atoms in total. The first-order valence-corrected chi connectivity index (χ1v) is 9.66. The van der Waals surface area contributed by atoms with Crippen LogP contribution in [0.1, 0.15) is 30.7 Å². The van der Waals surface area contributed by atoms with E-state index in [0.717, 1.165) is 5.56 Å². The predicted molar refractivity (Wildman–Crippen MR) is 112 cm³/mol. The lowest BCUT2D eigenvalue weighted by Crippen LogP contribution is -2.24. The summed E-state index contributed by atoms with van der Waals surface area (Å²) in [4.78, 5) is 31.9. The second kappa shape index (κ2) is 8.60. The van der Waals surface area contributed by atoms with Crippen molar-refractivity contribution in [2.75, 3.05) is 5.32 Å². The van der Waals surface area contributed by atoms with Crippen LogP contribution in [0, 0.1) is 0 Å². The van der Waals surface area contributed by atoms with E-state index < -0.39 is 0 Å². The molecule has 0 saturated heterocycles. The molecule has 0 saturated carbocycles. The molecule has 2 aromatic carbocycles. The summed E-state index contributed by atoms with van der Waals surface area (Å²) < 4.78 is 7.07. The smallest absolute Gasteiger partial charge is 0.254 e. The first kappa shape index (κ1) is 19.4. The Balaban J connectivity index is 1.58. The average molecular weight is 403 g/mol. The molecule has 0 aliphatic rings. The van der Waals surface area contributed by atoms with Crippen molar-refractivity contribution in [1.82, 2.24) is 19.6 Å². The zero-order valence-corrected chi connectivity index (χ0v) is 16.4. The maximum Gasteiger partial charge on any atom is 0.254 e. The number of nitrogens with zero attached hydrogens (tertiary/aromatic N) is 3. The highest BCUT2D eigenvalue weighted by Crippen LogP contribution is 2.21. The van der Waals surface area contributed by atoms with E-state index in [-0.39, 0.29) is 35.6 Å². The molecular formula is C22H21N5O3. The molecule has 0 radical (unpaired) electrons. The Morgan fingerprint density at radius 3 is 2.53 bits per heavy atom. The van der Waals surface area contributed by atoms with E-state index in [0.29, 0.717) is 18.0 Å². The number of benzene rings is 2. The van der Waals surface area contributed by atoms with Gasteiger partial charge in [0.25, 0.3) is 5.56 Å². The number of amides is 1. The van der Waals surface area contributed by atoms with Gasteiger partial charge in [0, 0.05) is 6.07 Å². The van der Waals surface area contributed by atoms with Crippen molar-refractivity contribution in [3.05, 3.63) is 88.5 Å². The van der Waals surface area contributed by atoms with Crippen LogP contribution < -0.4 is 15.6 Å². The number of rotatable bonds is 7. The fraction of sp³-hybridized carbons (Fsp3) is 0.182. The van der Waals surface area contributed by atoms with Crippen LogP contribution in [0.2, 0.25) is 0 Å². The molecule has 8 heteroatoms. The van der Waals surface area contributed by atoms with Crippen LogP contribution in [0.25, 0.3) is 5.78 Å². The van der Waals surface area contributed by atoms with Crippen LogP contribution in [0.3, 0.4) is 0 Å². The number of aromatic amines is 1. The number of carbonyl (C=O) groups is 1. The lowest BCUT2D eigenvalue weighted by atomic mass is 9.96. The summed E-state index contributed by atoms with van der Waals surface area (Å²) in [5.74, 6) is 1.00. The van der Waals surface area contributed by atoms with Gasteiger partial charge in [0.2, 0.25) is 11.7 Å². The van der Waals surface area contributed by atoms with Crippen molar-refractivity contribution in [2.45, 2.75) is 25.9 Å². The lowest BCUT2D eigenvalue weighted by Gasteiger charge is -2.15. The predicted octanol–water partition coefficient (Wildman–Crippen LogP) is 3.13.